The molecule has 0 saturated heterocycles. The largest absolute Gasteiger partial charge is 0.343 e. The minimum atomic E-state index is -2.91. The summed E-state index contributed by atoms with van der Waals surface area (Å²) in [5, 5.41) is 0. The zero-order chi connectivity index (χ0) is 13.6. The second-order valence-electron chi connectivity index (χ2n) is 6.10. The van der Waals surface area contributed by atoms with E-state index in [0.29, 0.717) is 11.8 Å². The molecule has 2 nitrogen and oxygen atoms in total. The van der Waals surface area contributed by atoms with E-state index in [1.807, 2.05) is 0 Å². The van der Waals surface area contributed by atoms with Gasteiger partial charge in [0, 0.05) is 38.5 Å². The minimum absolute atomic E-state index is 0. The van der Waals surface area contributed by atoms with Crippen LogP contribution in [0, 0.1) is 19.3 Å². The van der Waals surface area contributed by atoms with Crippen LogP contribution < -0.4 is 0 Å². The van der Waals surface area contributed by atoms with Crippen LogP contribution in [0.1, 0.15) is 54.4 Å². The molecule has 0 aromatic rings. The van der Waals surface area contributed by atoms with E-state index in [1.165, 1.54) is 0 Å². The Kier molecular flexibility index (Phi) is 12.3. The van der Waals surface area contributed by atoms with Gasteiger partial charge in [0.05, 0.1) is 4.75 Å². The van der Waals surface area contributed by atoms with E-state index in [4.69, 9.17) is 0 Å². The molecule has 0 aliphatic carbocycles. The normalized spacial score (nSPS) is 12.2. The van der Waals surface area contributed by atoms with Gasteiger partial charge in [0.1, 0.15) is 0 Å². The predicted molar refractivity (Wildman–Crippen MR) is 72.9 cm³/mol. The first-order chi connectivity index (χ1) is 6.87. The van der Waals surface area contributed by atoms with Crippen LogP contribution >= 0.6 is 0 Å². The Balaban J connectivity index is -0.000000244. The average molecular weight is 337 g/mol. The Hall–Kier alpha value is 1.05. The van der Waals surface area contributed by atoms with Gasteiger partial charge in [-0.2, -0.15) is 12.8 Å². The molecule has 103 valence electrons. The summed E-state index contributed by atoms with van der Waals surface area (Å²) in [6, 6.07) is 0. The van der Waals surface area contributed by atoms with E-state index in [2.05, 4.69) is 34.6 Å². The molecular formula is C13H28O2SY-2. The van der Waals surface area contributed by atoms with Crippen molar-refractivity contribution < 1.29 is 41.1 Å². The van der Waals surface area contributed by atoms with E-state index in [-0.39, 0.29) is 38.5 Å². The summed E-state index contributed by atoms with van der Waals surface area (Å²) in [7, 11) is -2.91. The molecular weight excluding hydrogens is 309 g/mol. The van der Waals surface area contributed by atoms with Crippen molar-refractivity contribution in [3.05, 3.63) is 13.8 Å². The van der Waals surface area contributed by atoms with Gasteiger partial charge in [-0.25, -0.2) is 8.42 Å². The Bertz CT molecular complexity index is 269. The van der Waals surface area contributed by atoms with Crippen LogP contribution in [-0.2, 0) is 42.5 Å². The molecule has 0 spiro atoms. The van der Waals surface area contributed by atoms with Crippen molar-refractivity contribution in [2.45, 2.75) is 59.1 Å². The summed E-state index contributed by atoms with van der Waals surface area (Å²) in [6.45, 7) is 18.9. The minimum Gasteiger partial charge on any atom is -0.343 e. The van der Waals surface area contributed by atoms with Crippen LogP contribution in [0.4, 0.5) is 0 Å². The van der Waals surface area contributed by atoms with Crippen molar-refractivity contribution in [1.82, 2.24) is 0 Å². The first kappa shape index (κ1) is 23.2. The van der Waals surface area contributed by atoms with E-state index in [1.54, 1.807) is 20.8 Å². The molecule has 0 bridgehead atoms. The van der Waals surface area contributed by atoms with Crippen molar-refractivity contribution in [3.63, 3.8) is 0 Å². The van der Waals surface area contributed by atoms with Crippen molar-refractivity contribution in [3.8, 4) is 0 Å². The molecule has 17 heavy (non-hydrogen) atoms. The Morgan fingerprint density at radius 1 is 0.941 bits per heavy atom. The quantitative estimate of drug-likeness (QED) is 0.721. The van der Waals surface area contributed by atoms with Gasteiger partial charge in [0.15, 0.2) is 9.84 Å². The van der Waals surface area contributed by atoms with Gasteiger partial charge in [-0.05, 0) is 20.8 Å². The van der Waals surface area contributed by atoms with Crippen molar-refractivity contribution >= 4 is 9.84 Å². The molecule has 0 unspecified atom stereocenters. The molecule has 0 N–H and O–H groups in total. The van der Waals surface area contributed by atoms with E-state index in [9.17, 15) is 8.42 Å². The van der Waals surface area contributed by atoms with Crippen LogP contribution in [-0.4, -0.2) is 18.9 Å². The van der Waals surface area contributed by atoms with Crippen LogP contribution in [0.25, 0.3) is 0 Å². The summed E-state index contributed by atoms with van der Waals surface area (Å²) < 4.78 is 21.8. The molecule has 0 aromatic carbocycles. The Morgan fingerprint density at radius 2 is 1.24 bits per heavy atom. The third-order valence-corrected chi connectivity index (χ3v) is 4.79. The topological polar surface area (TPSA) is 34.1 Å². The molecule has 0 aliphatic rings. The Morgan fingerprint density at radius 3 is 1.29 bits per heavy atom. The smallest absolute Gasteiger partial charge is 0.152 e. The zero-order valence-corrected chi connectivity index (χ0v) is 16.0. The zero-order valence-electron chi connectivity index (χ0n) is 12.3. The Labute approximate surface area is 134 Å². The van der Waals surface area contributed by atoms with Gasteiger partial charge in [-0.15, -0.1) is 0 Å². The maximum atomic E-state index is 11.2. The second kappa shape index (κ2) is 9.04. The summed E-state index contributed by atoms with van der Waals surface area (Å²) in [4.78, 5) is 0. The summed E-state index contributed by atoms with van der Waals surface area (Å²) in [5.74, 6) is 0.191. The average Bonchev–Trinajstić information content (AvgIpc) is 2.02. The van der Waals surface area contributed by atoms with E-state index < -0.39 is 14.6 Å². The van der Waals surface area contributed by atoms with Crippen LogP contribution in [0.15, 0.2) is 0 Å². The summed E-state index contributed by atoms with van der Waals surface area (Å²) in [6.07, 6.45) is 1.48. The number of sulfone groups is 1. The third kappa shape index (κ3) is 13.3. The van der Waals surface area contributed by atoms with Crippen molar-refractivity contribution in [2.75, 3.05) is 5.75 Å². The van der Waals surface area contributed by atoms with Gasteiger partial charge in [-0.1, -0.05) is 26.2 Å². The van der Waals surface area contributed by atoms with Gasteiger partial charge >= 0.3 is 0 Å². The molecule has 0 aliphatic heterocycles. The number of rotatable bonds is 2. The number of hydrogen-bond acceptors (Lipinski definition) is 2. The van der Waals surface area contributed by atoms with Gasteiger partial charge < -0.3 is 13.8 Å². The molecule has 0 rings (SSSR count). The van der Waals surface area contributed by atoms with E-state index >= 15 is 0 Å². The van der Waals surface area contributed by atoms with Crippen molar-refractivity contribution in [1.29, 1.82) is 0 Å². The summed E-state index contributed by atoms with van der Waals surface area (Å²) >= 11 is 0. The predicted octanol–water partition coefficient (Wildman–Crippen LogP) is 3.68. The second-order valence-corrected chi connectivity index (χ2v) is 8.96. The van der Waals surface area contributed by atoms with Crippen LogP contribution in [0.2, 0.25) is 0 Å². The van der Waals surface area contributed by atoms with Crippen LogP contribution in [0.3, 0.4) is 0 Å². The monoisotopic (exact) mass is 337 g/mol. The maximum Gasteiger partial charge on any atom is 0.152 e. The fourth-order valence-corrected chi connectivity index (χ4v) is 1.49. The maximum absolute atomic E-state index is 11.2. The third-order valence-electron chi connectivity index (χ3n) is 2.10. The SMILES string of the molecule is [CH2-]CC(C)(C)C.[CH2-]CCS(=O)(=O)C(C)(C)C.[Y]. The van der Waals surface area contributed by atoms with E-state index in [0.717, 1.165) is 6.42 Å². The molecule has 0 atom stereocenters. The molecule has 0 amide bonds. The standard InChI is InChI=1S/C7H15O2S.C6H13.Y/c1-5-6-10(8,9)7(2,3)4;1-5-6(2,3)4;/h1,5-6H2,2-4H3;1,5H2,2-4H3;/q2*-1;. The van der Waals surface area contributed by atoms with Crippen LogP contribution in [0.5, 0.6) is 0 Å². The van der Waals surface area contributed by atoms with Gasteiger partial charge in [0.2, 0.25) is 0 Å². The van der Waals surface area contributed by atoms with Gasteiger partial charge in [-0.3, -0.25) is 0 Å². The molecule has 0 fully saturated rings. The van der Waals surface area contributed by atoms with Crippen molar-refractivity contribution in [2.24, 2.45) is 5.41 Å². The first-order valence-electron chi connectivity index (χ1n) is 5.68. The molecule has 0 aromatic heterocycles. The number of hydrogen-bond donors (Lipinski definition) is 0. The van der Waals surface area contributed by atoms with Gasteiger partial charge in [0.25, 0.3) is 0 Å². The fourth-order valence-electron chi connectivity index (χ4n) is 0.496. The fraction of sp³-hybridized carbons (Fsp3) is 0.846. The molecule has 0 heterocycles. The molecule has 0 saturated carbocycles. The summed E-state index contributed by atoms with van der Waals surface area (Å²) in [5.41, 5.74) is 0.431. The molecule has 1 radical (unpaired) electrons. The first-order valence-corrected chi connectivity index (χ1v) is 7.33. The molecule has 4 heteroatoms.